The Bertz CT molecular complexity index is 788. The lowest BCUT2D eigenvalue weighted by atomic mass is 9.98. The summed E-state index contributed by atoms with van der Waals surface area (Å²) in [5, 5.41) is 0.666. The number of hydrogen-bond acceptors (Lipinski definition) is 2. The quantitative estimate of drug-likeness (QED) is 0.676. The van der Waals surface area contributed by atoms with Gasteiger partial charge in [0.1, 0.15) is 5.60 Å². The highest BCUT2D eigenvalue weighted by molar-refractivity contribution is 6.30. The van der Waals surface area contributed by atoms with Crippen LogP contribution in [0.3, 0.4) is 0 Å². The maximum atomic E-state index is 12.7. The number of carbonyl (C=O) groups is 1. The number of halogens is 1. The first kappa shape index (κ1) is 16.6. The molecule has 0 aromatic heterocycles. The molecule has 1 amide bonds. The van der Waals surface area contributed by atoms with E-state index in [2.05, 4.69) is 6.07 Å². The number of amides is 1. The predicted octanol–water partition coefficient (Wildman–Crippen LogP) is 5.59. The second-order valence-electron chi connectivity index (χ2n) is 6.80. The summed E-state index contributed by atoms with van der Waals surface area (Å²) in [4.78, 5) is 14.4. The fraction of sp³-hybridized carbons (Fsp3) is 0.250. The fourth-order valence-corrected chi connectivity index (χ4v) is 2.77. The molecule has 0 radical (unpaired) electrons. The molecule has 3 nitrogen and oxygen atoms in total. The molecule has 1 heterocycles. The molecule has 0 fully saturated rings. The molecule has 2 aromatic carbocycles. The van der Waals surface area contributed by atoms with E-state index in [1.807, 2.05) is 69.3 Å². The van der Waals surface area contributed by atoms with Crippen molar-refractivity contribution in [2.24, 2.45) is 0 Å². The zero-order valence-electron chi connectivity index (χ0n) is 14.0. The van der Waals surface area contributed by atoms with Crippen LogP contribution in [0.5, 0.6) is 0 Å². The number of ether oxygens (including phenoxy) is 1. The Kier molecular flexibility index (Phi) is 4.37. The largest absolute Gasteiger partial charge is 0.443 e. The highest BCUT2D eigenvalue weighted by atomic mass is 35.5. The number of hydrogen-bond donors (Lipinski definition) is 0. The van der Waals surface area contributed by atoms with E-state index in [0.29, 0.717) is 11.6 Å². The van der Waals surface area contributed by atoms with E-state index in [1.54, 1.807) is 4.90 Å². The van der Waals surface area contributed by atoms with E-state index >= 15 is 0 Å². The zero-order valence-corrected chi connectivity index (χ0v) is 14.8. The minimum absolute atomic E-state index is 0.349. The summed E-state index contributed by atoms with van der Waals surface area (Å²) in [6.45, 7) is 6.09. The van der Waals surface area contributed by atoms with Crippen LogP contribution in [-0.2, 0) is 11.3 Å². The Morgan fingerprint density at radius 2 is 1.75 bits per heavy atom. The lowest BCUT2D eigenvalue weighted by Gasteiger charge is -2.32. The molecule has 0 atom stereocenters. The van der Waals surface area contributed by atoms with Gasteiger partial charge in [-0.15, -0.1) is 0 Å². The van der Waals surface area contributed by atoms with Crippen molar-refractivity contribution in [1.82, 2.24) is 4.90 Å². The minimum Gasteiger partial charge on any atom is -0.443 e. The molecular weight excluding hydrogens is 322 g/mol. The zero-order chi connectivity index (χ0) is 17.3. The van der Waals surface area contributed by atoms with Crippen LogP contribution < -0.4 is 0 Å². The van der Waals surface area contributed by atoms with Gasteiger partial charge in [0.05, 0.1) is 12.2 Å². The van der Waals surface area contributed by atoms with Crippen molar-refractivity contribution < 1.29 is 9.53 Å². The highest BCUT2D eigenvalue weighted by Gasteiger charge is 2.28. The molecular formula is C20H20ClNO2. The van der Waals surface area contributed by atoms with Gasteiger partial charge in [0.2, 0.25) is 0 Å². The number of carbonyl (C=O) groups excluding carboxylic acids is 1. The van der Waals surface area contributed by atoms with Crippen molar-refractivity contribution in [3.05, 3.63) is 70.2 Å². The molecule has 1 aliphatic rings. The van der Waals surface area contributed by atoms with Crippen LogP contribution in [0, 0.1) is 0 Å². The van der Waals surface area contributed by atoms with Gasteiger partial charge in [-0.1, -0.05) is 48.0 Å². The Morgan fingerprint density at radius 1 is 1.08 bits per heavy atom. The van der Waals surface area contributed by atoms with Gasteiger partial charge in [-0.05, 0) is 55.7 Å². The molecule has 0 unspecified atom stereocenters. The van der Waals surface area contributed by atoms with E-state index < -0.39 is 5.60 Å². The van der Waals surface area contributed by atoms with Gasteiger partial charge in [-0.3, -0.25) is 4.90 Å². The second-order valence-corrected chi connectivity index (χ2v) is 7.24. The van der Waals surface area contributed by atoms with Crippen LogP contribution in [0.2, 0.25) is 5.02 Å². The van der Waals surface area contributed by atoms with Gasteiger partial charge in [0.25, 0.3) is 0 Å². The van der Waals surface area contributed by atoms with Gasteiger partial charge in [0.15, 0.2) is 0 Å². The van der Waals surface area contributed by atoms with Crippen molar-refractivity contribution in [2.75, 3.05) is 0 Å². The molecule has 2 aromatic rings. The Morgan fingerprint density at radius 3 is 2.42 bits per heavy atom. The van der Waals surface area contributed by atoms with Gasteiger partial charge in [-0.2, -0.15) is 0 Å². The number of fused-ring (bicyclic) bond motifs is 1. The molecule has 0 saturated heterocycles. The molecule has 0 bridgehead atoms. The average molecular weight is 342 g/mol. The predicted molar refractivity (Wildman–Crippen MR) is 97.5 cm³/mol. The van der Waals surface area contributed by atoms with E-state index in [9.17, 15) is 4.79 Å². The van der Waals surface area contributed by atoms with Gasteiger partial charge >= 0.3 is 6.09 Å². The molecule has 4 heteroatoms. The van der Waals surface area contributed by atoms with Crippen LogP contribution >= 0.6 is 11.6 Å². The fourth-order valence-electron chi connectivity index (χ4n) is 2.64. The maximum absolute atomic E-state index is 12.7. The van der Waals surface area contributed by atoms with Crippen molar-refractivity contribution in [3.63, 3.8) is 0 Å². The number of nitrogens with zero attached hydrogens (tertiary/aromatic N) is 1. The molecule has 0 N–H and O–H groups in total. The minimum atomic E-state index is -0.543. The molecule has 3 rings (SSSR count). The van der Waals surface area contributed by atoms with Crippen molar-refractivity contribution in [1.29, 1.82) is 0 Å². The SMILES string of the molecule is CC(C)(C)OC(=O)N1Cc2ccccc2C=C1c1ccc(Cl)cc1. The standard InChI is InChI=1S/C20H20ClNO2/c1-20(2,3)24-19(23)22-13-16-7-5-4-6-15(16)12-18(22)14-8-10-17(21)11-9-14/h4-12H,13H2,1-3H3. The third-order valence-corrected chi connectivity index (χ3v) is 3.97. The molecule has 0 saturated carbocycles. The van der Waals surface area contributed by atoms with Crippen LogP contribution in [0.15, 0.2) is 48.5 Å². The molecule has 0 spiro atoms. The van der Waals surface area contributed by atoms with Crippen LogP contribution in [0.1, 0.15) is 37.5 Å². The summed E-state index contributed by atoms with van der Waals surface area (Å²) < 4.78 is 5.59. The van der Waals surface area contributed by atoms with Crippen molar-refractivity contribution >= 4 is 29.5 Å². The molecule has 0 aliphatic carbocycles. The third kappa shape index (κ3) is 3.62. The molecule has 124 valence electrons. The van der Waals surface area contributed by atoms with Crippen molar-refractivity contribution in [3.8, 4) is 0 Å². The molecule has 1 aliphatic heterocycles. The van der Waals surface area contributed by atoms with Gasteiger partial charge in [-0.25, -0.2) is 4.79 Å². The van der Waals surface area contributed by atoms with Crippen LogP contribution in [-0.4, -0.2) is 16.6 Å². The first-order valence-electron chi connectivity index (χ1n) is 7.89. The Labute approximate surface area is 147 Å². The smallest absolute Gasteiger partial charge is 0.415 e. The summed E-state index contributed by atoms with van der Waals surface area (Å²) in [6.07, 6.45) is 1.67. The van der Waals surface area contributed by atoms with Crippen LogP contribution in [0.25, 0.3) is 11.8 Å². The van der Waals surface area contributed by atoms with Crippen molar-refractivity contribution in [2.45, 2.75) is 32.9 Å². The first-order valence-corrected chi connectivity index (χ1v) is 8.27. The summed E-state index contributed by atoms with van der Waals surface area (Å²) >= 11 is 5.99. The molecule has 24 heavy (non-hydrogen) atoms. The van der Waals surface area contributed by atoms with E-state index in [-0.39, 0.29) is 6.09 Å². The summed E-state index contributed by atoms with van der Waals surface area (Å²) in [5.41, 5.74) is 3.42. The van der Waals surface area contributed by atoms with E-state index in [4.69, 9.17) is 16.3 Å². The number of rotatable bonds is 1. The first-order chi connectivity index (χ1) is 11.3. The lowest BCUT2D eigenvalue weighted by Crippen LogP contribution is -2.36. The topological polar surface area (TPSA) is 29.5 Å². The highest BCUT2D eigenvalue weighted by Crippen LogP contribution is 2.32. The van der Waals surface area contributed by atoms with Gasteiger partial charge < -0.3 is 4.74 Å². The van der Waals surface area contributed by atoms with Gasteiger partial charge in [0, 0.05) is 5.02 Å². The third-order valence-electron chi connectivity index (χ3n) is 3.72. The second kappa shape index (κ2) is 6.33. The van der Waals surface area contributed by atoms with Crippen LogP contribution in [0.4, 0.5) is 4.79 Å². The maximum Gasteiger partial charge on any atom is 0.415 e. The summed E-state index contributed by atoms with van der Waals surface area (Å²) in [6, 6.07) is 15.5. The van der Waals surface area contributed by atoms with E-state index in [0.717, 1.165) is 22.4 Å². The Balaban J connectivity index is 2.03. The normalized spacial score (nSPS) is 14.0. The average Bonchev–Trinajstić information content (AvgIpc) is 2.53. The summed E-state index contributed by atoms with van der Waals surface area (Å²) in [5.74, 6) is 0. The monoisotopic (exact) mass is 341 g/mol. The van der Waals surface area contributed by atoms with E-state index in [1.165, 1.54) is 0 Å². The number of benzene rings is 2. The summed E-state index contributed by atoms with van der Waals surface area (Å²) in [7, 11) is 0. The Hall–Kier alpha value is -2.26. The lowest BCUT2D eigenvalue weighted by molar-refractivity contribution is 0.0341.